The Labute approximate surface area is 125 Å². The van der Waals surface area contributed by atoms with Crippen molar-refractivity contribution in [2.75, 3.05) is 46.3 Å². The normalized spacial score (nSPS) is 13.2. The summed E-state index contributed by atoms with van der Waals surface area (Å²) in [7, 11) is 2.04. The van der Waals surface area contributed by atoms with Crippen molar-refractivity contribution in [3.63, 3.8) is 0 Å². The lowest BCUT2D eigenvalue weighted by molar-refractivity contribution is -0.930. The molecule has 5 heteroatoms. The number of aliphatic imine (C=N–C) groups is 1. The van der Waals surface area contributed by atoms with Crippen molar-refractivity contribution in [2.45, 2.75) is 40.0 Å². The largest absolute Gasteiger partial charge is 0.370 e. The molecule has 1 atom stereocenters. The van der Waals surface area contributed by atoms with E-state index in [4.69, 9.17) is 11.5 Å². The Morgan fingerprint density at radius 3 is 2.20 bits per heavy atom. The van der Waals surface area contributed by atoms with Gasteiger partial charge in [0.1, 0.15) is 0 Å². The van der Waals surface area contributed by atoms with Gasteiger partial charge in [-0.3, -0.25) is 4.99 Å². The molecule has 0 fully saturated rings. The van der Waals surface area contributed by atoms with Crippen LogP contribution in [0, 0.1) is 5.92 Å². The second-order valence-corrected chi connectivity index (χ2v) is 6.00. The minimum atomic E-state index is 0.204. The molecule has 120 valence electrons. The van der Waals surface area contributed by atoms with Crippen molar-refractivity contribution in [2.24, 2.45) is 22.4 Å². The first-order chi connectivity index (χ1) is 9.49. The molecule has 0 saturated heterocycles. The number of rotatable bonds is 12. The Hall–Kier alpha value is -0.810. The van der Waals surface area contributed by atoms with Crippen molar-refractivity contribution in [1.82, 2.24) is 5.32 Å². The molecule has 0 spiro atoms. The molecule has 0 rings (SSSR count). The maximum Gasteiger partial charge on any atom is 0.185 e. The number of guanidine groups is 1. The van der Waals surface area contributed by atoms with Gasteiger partial charge < -0.3 is 21.3 Å². The molecule has 0 aliphatic rings. The van der Waals surface area contributed by atoms with Crippen LogP contribution in [0.15, 0.2) is 4.99 Å². The molecule has 0 aliphatic carbocycles. The van der Waals surface area contributed by atoms with Crippen molar-refractivity contribution < 1.29 is 4.48 Å². The fourth-order valence-electron chi connectivity index (χ4n) is 3.07. The highest BCUT2D eigenvalue weighted by Crippen LogP contribution is 2.16. The summed E-state index contributed by atoms with van der Waals surface area (Å²) in [6, 6.07) is 0. The number of quaternary nitrogens is 1. The second-order valence-electron chi connectivity index (χ2n) is 6.00. The zero-order chi connectivity index (χ0) is 15.4. The van der Waals surface area contributed by atoms with Gasteiger partial charge >= 0.3 is 0 Å². The molecular weight excluding hydrogens is 250 g/mol. The summed E-state index contributed by atoms with van der Waals surface area (Å²) in [5, 5.41) is 3.30. The van der Waals surface area contributed by atoms with Gasteiger partial charge in [-0.1, -0.05) is 20.8 Å². The Kier molecular flexibility index (Phi) is 10.5. The molecule has 20 heavy (non-hydrogen) atoms. The molecule has 0 aromatic heterocycles. The fraction of sp³-hybridized carbons (Fsp3) is 0.933. The topological polar surface area (TPSA) is 76.4 Å². The summed E-state index contributed by atoms with van der Waals surface area (Å²) >= 11 is 0. The molecule has 0 aromatic rings. The number of nitrogens with two attached hydrogens (primary N) is 2. The van der Waals surface area contributed by atoms with E-state index < -0.39 is 0 Å². The summed E-state index contributed by atoms with van der Waals surface area (Å²) in [5.74, 6) is 0.850. The SMILES string of the molecule is CCC[N+](CCC)(CCNC)CC(C)CCN=C(N)N. The molecule has 1 unspecified atom stereocenters. The van der Waals surface area contributed by atoms with Gasteiger partial charge in [-0.05, 0) is 26.3 Å². The quantitative estimate of drug-likeness (QED) is 0.286. The van der Waals surface area contributed by atoms with Crippen LogP contribution in [0.2, 0.25) is 0 Å². The standard InChI is InChI=1S/C15H36N5/c1-5-10-20(11-6-2,12-9-18-4)13-14(3)7-8-19-15(16)17/h14,18H,5-13H2,1-4H3,(H4,16,17,19)/q+1. The molecule has 5 N–H and O–H groups in total. The number of likely N-dealkylation sites (N-methyl/N-ethyl adjacent to an activating group) is 1. The van der Waals surface area contributed by atoms with Crippen molar-refractivity contribution in [3.8, 4) is 0 Å². The molecule has 0 heterocycles. The first-order valence-electron chi connectivity index (χ1n) is 8.04. The summed E-state index contributed by atoms with van der Waals surface area (Å²) < 4.78 is 1.22. The minimum Gasteiger partial charge on any atom is -0.370 e. The number of hydrogen-bond donors (Lipinski definition) is 3. The Balaban J connectivity index is 4.53. The predicted octanol–water partition coefficient (Wildman–Crippen LogP) is 1.14. The van der Waals surface area contributed by atoms with E-state index in [1.54, 1.807) is 0 Å². The van der Waals surface area contributed by atoms with Gasteiger partial charge in [0, 0.05) is 19.0 Å². The Morgan fingerprint density at radius 1 is 1.15 bits per heavy atom. The van der Waals surface area contributed by atoms with E-state index in [1.165, 1.54) is 43.5 Å². The first kappa shape index (κ1) is 19.2. The maximum absolute atomic E-state index is 5.38. The molecule has 0 aliphatic heterocycles. The van der Waals surface area contributed by atoms with Crippen LogP contribution in [0.4, 0.5) is 0 Å². The maximum atomic E-state index is 5.38. The number of nitrogens with one attached hydrogen (secondary N) is 1. The highest BCUT2D eigenvalue weighted by molar-refractivity contribution is 5.75. The zero-order valence-electron chi connectivity index (χ0n) is 14.0. The number of nitrogens with zero attached hydrogens (tertiary/aromatic N) is 2. The highest BCUT2D eigenvalue weighted by Gasteiger charge is 2.27. The predicted molar refractivity (Wildman–Crippen MR) is 88.7 cm³/mol. The highest BCUT2D eigenvalue weighted by atomic mass is 15.4. The third-order valence-corrected chi connectivity index (χ3v) is 3.85. The van der Waals surface area contributed by atoms with Gasteiger partial charge in [-0.25, -0.2) is 0 Å². The summed E-state index contributed by atoms with van der Waals surface area (Å²) in [6.07, 6.45) is 3.54. The van der Waals surface area contributed by atoms with E-state index in [2.05, 4.69) is 31.1 Å². The van der Waals surface area contributed by atoms with Crippen LogP contribution in [-0.4, -0.2) is 56.8 Å². The van der Waals surface area contributed by atoms with Gasteiger partial charge in [0.2, 0.25) is 0 Å². The van der Waals surface area contributed by atoms with Crippen LogP contribution in [0.5, 0.6) is 0 Å². The molecule has 0 radical (unpaired) electrons. The molecule has 5 nitrogen and oxygen atoms in total. The third kappa shape index (κ3) is 8.38. The van der Waals surface area contributed by atoms with Gasteiger partial charge in [-0.2, -0.15) is 0 Å². The van der Waals surface area contributed by atoms with E-state index in [9.17, 15) is 0 Å². The van der Waals surface area contributed by atoms with Crippen molar-refractivity contribution in [3.05, 3.63) is 0 Å². The van der Waals surface area contributed by atoms with Crippen molar-refractivity contribution >= 4 is 5.96 Å². The van der Waals surface area contributed by atoms with E-state index >= 15 is 0 Å². The number of hydrogen-bond acceptors (Lipinski definition) is 2. The lowest BCUT2D eigenvalue weighted by Gasteiger charge is -2.40. The minimum absolute atomic E-state index is 0.204. The molecule has 0 bridgehead atoms. The van der Waals surface area contributed by atoms with Crippen LogP contribution >= 0.6 is 0 Å². The molecule has 0 aromatic carbocycles. The van der Waals surface area contributed by atoms with Crippen molar-refractivity contribution in [1.29, 1.82) is 0 Å². The molecule has 0 amide bonds. The van der Waals surface area contributed by atoms with Gasteiger partial charge in [0.15, 0.2) is 5.96 Å². The van der Waals surface area contributed by atoms with Gasteiger partial charge in [0.05, 0.1) is 26.2 Å². The summed E-state index contributed by atoms with van der Waals surface area (Å²) in [6.45, 7) is 13.7. The second kappa shape index (κ2) is 10.9. The average Bonchev–Trinajstić information content (AvgIpc) is 2.36. The van der Waals surface area contributed by atoms with E-state index in [-0.39, 0.29) is 5.96 Å². The van der Waals surface area contributed by atoms with E-state index in [1.807, 2.05) is 7.05 Å². The van der Waals surface area contributed by atoms with Crippen LogP contribution in [0.1, 0.15) is 40.0 Å². The van der Waals surface area contributed by atoms with E-state index in [0.717, 1.165) is 19.5 Å². The average molecular weight is 286 g/mol. The van der Waals surface area contributed by atoms with Crippen LogP contribution in [-0.2, 0) is 0 Å². The Bertz CT molecular complexity index is 255. The lowest BCUT2D eigenvalue weighted by Crippen LogP contribution is -2.54. The third-order valence-electron chi connectivity index (χ3n) is 3.85. The van der Waals surface area contributed by atoms with Gasteiger partial charge in [0.25, 0.3) is 0 Å². The summed E-state index contributed by atoms with van der Waals surface area (Å²) in [4.78, 5) is 4.10. The zero-order valence-corrected chi connectivity index (χ0v) is 14.0. The van der Waals surface area contributed by atoms with Crippen LogP contribution in [0.3, 0.4) is 0 Å². The van der Waals surface area contributed by atoms with Crippen LogP contribution < -0.4 is 16.8 Å². The van der Waals surface area contributed by atoms with Crippen LogP contribution in [0.25, 0.3) is 0 Å². The monoisotopic (exact) mass is 286 g/mol. The first-order valence-corrected chi connectivity index (χ1v) is 8.04. The smallest absolute Gasteiger partial charge is 0.185 e. The molecular formula is C15H36N5+. The van der Waals surface area contributed by atoms with E-state index in [0.29, 0.717) is 5.92 Å². The Morgan fingerprint density at radius 2 is 1.75 bits per heavy atom. The molecule has 0 saturated carbocycles. The summed E-state index contributed by atoms with van der Waals surface area (Å²) in [5.41, 5.74) is 10.8. The fourth-order valence-corrected chi connectivity index (χ4v) is 3.07. The lowest BCUT2D eigenvalue weighted by atomic mass is 10.0. The van der Waals surface area contributed by atoms with Gasteiger partial charge in [-0.15, -0.1) is 0 Å².